The molecule has 0 spiro atoms. The number of hydrogen-bond acceptors (Lipinski definition) is 4. The van der Waals surface area contributed by atoms with E-state index in [0.717, 1.165) is 12.2 Å². The molecule has 0 heterocycles. The molecule has 0 aromatic heterocycles. The summed E-state index contributed by atoms with van der Waals surface area (Å²) in [6.45, 7) is 6.16. The molecule has 0 aliphatic heterocycles. The van der Waals surface area contributed by atoms with Crippen LogP contribution in [0.5, 0.6) is 5.75 Å². The van der Waals surface area contributed by atoms with Gasteiger partial charge in [0.2, 0.25) is 5.91 Å². The lowest BCUT2D eigenvalue weighted by molar-refractivity contribution is -0.120. The van der Waals surface area contributed by atoms with Crippen LogP contribution in [0.3, 0.4) is 0 Å². The van der Waals surface area contributed by atoms with Crippen LogP contribution in [0.4, 0.5) is 0 Å². The molecule has 1 amide bonds. The van der Waals surface area contributed by atoms with Crippen molar-refractivity contribution in [3.05, 3.63) is 29.8 Å². The van der Waals surface area contributed by atoms with Gasteiger partial charge in [0.05, 0.1) is 6.54 Å². The van der Waals surface area contributed by atoms with Gasteiger partial charge in [-0.3, -0.25) is 4.79 Å². The maximum atomic E-state index is 11.6. The van der Waals surface area contributed by atoms with Crippen molar-refractivity contribution in [2.75, 3.05) is 33.4 Å². The average molecular weight is 294 g/mol. The lowest BCUT2D eigenvalue weighted by Crippen LogP contribution is -2.40. The van der Waals surface area contributed by atoms with Crippen LogP contribution in [-0.2, 0) is 9.53 Å². The van der Waals surface area contributed by atoms with Crippen molar-refractivity contribution in [1.29, 1.82) is 0 Å². The first kappa shape index (κ1) is 17.5. The molecule has 1 rings (SSSR count). The first-order valence-electron chi connectivity index (χ1n) is 7.30. The van der Waals surface area contributed by atoms with Crippen LogP contribution in [0.15, 0.2) is 24.3 Å². The van der Waals surface area contributed by atoms with E-state index in [2.05, 4.69) is 10.6 Å². The molecule has 21 heavy (non-hydrogen) atoms. The van der Waals surface area contributed by atoms with Crippen molar-refractivity contribution in [2.24, 2.45) is 0 Å². The summed E-state index contributed by atoms with van der Waals surface area (Å²) in [4.78, 5) is 11.6. The Morgan fingerprint density at radius 3 is 2.67 bits per heavy atom. The SMILES string of the molecule is COCCCNC(=O)CNC(C)COc1ccc(C)cc1. The molecule has 0 bridgehead atoms. The summed E-state index contributed by atoms with van der Waals surface area (Å²) >= 11 is 0. The van der Waals surface area contributed by atoms with Crippen molar-refractivity contribution < 1.29 is 14.3 Å². The predicted molar refractivity (Wildman–Crippen MR) is 83.6 cm³/mol. The smallest absolute Gasteiger partial charge is 0.233 e. The second-order valence-corrected chi connectivity index (χ2v) is 5.10. The highest BCUT2D eigenvalue weighted by atomic mass is 16.5. The zero-order chi connectivity index (χ0) is 15.5. The van der Waals surface area contributed by atoms with E-state index < -0.39 is 0 Å². The van der Waals surface area contributed by atoms with E-state index in [9.17, 15) is 4.79 Å². The van der Waals surface area contributed by atoms with E-state index in [1.807, 2.05) is 38.1 Å². The molecule has 5 nitrogen and oxygen atoms in total. The van der Waals surface area contributed by atoms with E-state index in [1.165, 1.54) is 5.56 Å². The summed E-state index contributed by atoms with van der Waals surface area (Å²) in [7, 11) is 1.65. The Kier molecular flexibility index (Phi) is 8.47. The number of aryl methyl sites for hydroxylation is 1. The van der Waals surface area contributed by atoms with Crippen molar-refractivity contribution in [1.82, 2.24) is 10.6 Å². The molecule has 118 valence electrons. The van der Waals surface area contributed by atoms with Crippen LogP contribution >= 0.6 is 0 Å². The Labute approximate surface area is 127 Å². The zero-order valence-electron chi connectivity index (χ0n) is 13.1. The zero-order valence-corrected chi connectivity index (χ0v) is 13.1. The van der Waals surface area contributed by atoms with Gasteiger partial charge in [0.25, 0.3) is 0 Å². The Morgan fingerprint density at radius 2 is 2.00 bits per heavy atom. The predicted octanol–water partition coefficient (Wildman–Crippen LogP) is 1.50. The van der Waals surface area contributed by atoms with E-state index in [1.54, 1.807) is 7.11 Å². The minimum absolute atomic E-state index is 0.00621. The van der Waals surface area contributed by atoms with Gasteiger partial charge in [-0.15, -0.1) is 0 Å². The second kappa shape index (κ2) is 10.2. The average Bonchev–Trinajstić information content (AvgIpc) is 2.49. The molecule has 1 unspecified atom stereocenters. The van der Waals surface area contributed by atoms with Gasteiger partial charge in [-0.05, 0) is 32.4 Å². The third kappa shape index (κ3) is 8.32. The standard InChI is InChI=1S/C16H26N2O3/c1-13-5-7-15(8-6-13)21-12-14(2)18-11-16(19)17-9-4-10-20-3/h5-8,14,18H,4,9-12H2,1-3H3,(H,17,19). The minimum atomic E-state index is -0.00621. The summed E-state index contributed by atoms with van der Waals surface area (Å²) < 4.78 is 10.6. The number of benzene rings is 1. The summed E-state index contributed by atoms with van der Waals surface area (Å²) in [6, 6.07) is 8.03. The van der Waals surface area contributed by atoms with Crippen molar-refractivity contribution >= 4 is 5.91 Å². The Hall–Kier alpha value is -1.59. The molecule has 5 heteroatoms. The number of amides is 1. The first-order chi connectivity index (χ1) is 10.1. The van der Waals surface area contributed by atoms with Gasteiger partial charge in [-0.2, -0.15) is 0 Å². The van der Waals surface area contributed by atoms with E-state index in [0.29, 0.717) is 26.3 Å². The molecule has 0 aliphatic carbocycles. The van der Waals surface area contributed by atoms with Crippen LogP contribution in [-0.4, -0.2) is 45.4 Å². The lowest BCUT2D eigenvalue weighted by Gasteiger charge is -2.15. The van der Waals surface area contributed by atoms with E-state index >= 15 is 0 Å². The fraction of sp³-hybridized carbons (Fsp3) is 0.562. The van der Waals surface area contributed by atoms with Gasteiger partial charge in [0.1, 0.15) is 12.4 Å². The number of carbonyl (C=O) groups excluding carboxylic acids is 1. The number of methoxy groups -OCH3 is 1. The van der Waals surface area contributed by atoms with Gasteiger partial charge >= 0.3 is 0 Å². The normalized spacial score (nSPS) is 12.0. The molecule has 1 atom stereocenters. The van der Waals surface area contributed by atoms with Crippen molar-refractivity contribution in [3.8, 4) is 5.75 Å². The molecule has 1 aromatic rings. The second-order valence-electron chi connectivity index (χ2n) is 5.10. The highest BCUT2D eigenvalue weighted by Gasteiger charge is 2.06. The van der Waals surface area contributed by atoms with Crippen LogP contribution < -0.4 is 15.4 Å². The maximum Gasteiger partial charge on any atom is 0.233 e. The number of ether oxygens (including phenoxy) is 2. The Morgan fingerprint density at radius 1 is 1.29 bits per heavy atom. The summed E-state index contributed by atoms with van der Waals surface area (Å²) in [5.74, 6) is 0.839. The molecule has 0 saturated carbocycles. The maximum absolute atomic E-state index is 11.6. The molecule has 1 aromatic carbocycles. The molecule has 0 radical (unpaired) electrons. The van der Waals surface area contributed by atoms with Crippen molar-refractivity contribution in [3.63, 3.8) is 0 Å². The molecule has 0 fully saturated rings. The van der Waals surface area contributed by atoms with Crippen LogP contribution in [0.1, 0.15) is 18.9 Å². The summed E-state index contributed by atoms with van der Waals surface area (Å²) in [5.41, 5.74) is 1.21. The fourth-order valence-corrected chi connectivity index (χ4v) is 1.69. The van der Waals surface area contributed by atoms with Gasteiger partial charge in [0, 0.05) is 26.3 Å². The topological polar surface area (TPSA) is 59.6 Å². The van der Waals surface area contributed by atoms with Gasteiger partial charge in [-0.1, -0.05) is 17.7 Å². The van der Waals surface area contributed by atoms with Gasteiger partial charge in [0.15, 0.2) is 0 Å². The summed E-state index contributed by atoms with van der Waals surface area (Å²) in [5, 5.41) is 5.97. The quantitative estimate of drug-likeness (QED) is 0.642. The third-order valence-electron chi connectivity index (χ3n) is 2.98. The highest BCUT2D eigenvalue weighted by Crippen LogP contribution is 2.11. The molecule has 2 N–H and O–H groups in total. The minimum Gasteiger partial charge on any atom is -0.492 e. The van der Waals surface area contributed by atoms with Crippen LogP contribution in [0.2, 0.25) is 0 Å². The summed E-state index contributed by atoms with van der Waals surface area (Å²) in [6.07, 6.45) is 0.828. The Balaban J connectivity index is 2.11. The number of rotatable bonds is 10. The molecular weight excluding hydrogens is 268 g/mol. The number of carbonyl (C=O) groups is 1. The molecule has 0 aliphatic rings. The lowest BCUT2D eigenvalue weighted by atomic mass is 10.2. The highest BCUT2D eigenvalue weighted by molar-refractivity contribution is 5.77. The first-order valence-corrected chi connectivity index (χ1v) is 7.30. The van der Waals surface area contributed by atoms with Gasteiger partial charge < -0.3 is 20.1 Å². The fourth-order valence-electron chi connectivity index (χ4n) is 1.69. The van der Waals surface area contributed by atoms with Crippen molar-refractivity contribution in [2.45, 2.75) is 26.3 Å². The van der Waals surface area contributed by atoms with E-state index in [-0.39, 0.29) is 11.9 Å². The largest absolute Gasteiger partial charge is 0.492 e. The molecule has 0 saturated heterocycles. The molecular formula is C16H26N2O3. The number of nitrogens with one attached hydrogen (secondary N) is 2. The van der Waals surface area contributed by atoms with Gasteiger partial charge in [-0.25, -0.2) is 0 Å². The van der Waals surface area contributed by atoms with Crippen LogP contribution in [0, 0.1) is 6.92 Å². The van der Waals surface area contributed by atoms with Crippen LogP contribution in [0.25, 0.3) is 0 Å². The number of hydrogen-bond donors (Lipinski definition) is 2. The third-order valence-corrected chi connectivity index (χ3v) is 2.98. The Bertz CT molecular complexity index is 406. The monoisotopic (exact) mass is 294 g/mol. The van der Waals surface area contributed by atoms with E-state index in [4.69, 9.17) is 9.47 Å².